The van der Waals surface area contributed by atoms with Crippen molar-refractivity contribution in [3.05, 3.63) is 230 Å². The number of rotatable bonds is 7. The highest BCUT2D eigenvalue weighted by Crippen LogP contribution is 2.43. The van der Waals surface area contributed by atoms with E-state index in [2.05, 4.69) is 85.8 Å². The molecule has 0 aliphatic carbocycles. The van der Waals surface area contributed by atoms with Crippen molar-refractivity contribution in [2.45, 2.75) is 0 Å². The molecular formula is C59H35F2N5. The van der Waals surface area contributed by atoms with Crippen molar-refractivity contribution in [3.63, 3.8) is 0 Å². The van der Waals surface area contributed by atoms with E-state index in [-0.39, 0.29) is 5.56 Å². The van der Waals surface area contributed by atoms with Crippen LogP contribution in [0.4, 0.5) is 8.78 Å². The second kappa shape index (κ2) is 15.7. The molecule has 310 valence electrons. The molecule has 0 aliphatic heterocycles. The molecule has 0 N–H and O–H groups in total. The predicted octanol–water partition coefficient (Wildman–Crippen LogP) is 15.2. The van der Waals surface area contributed by atoms with Crippen LogP contribution < -0.4 is 0 Å². The molecule has 66 heavy (non-hydrogen) atoms. The van der Waals surface area contributed by atoms with Gasteiger partial charge in [-0.25, -0.2) is 8.78 Å². The van der Waals surface area contributed by atoms with Gasteiger partial charge < -0.3 is 9.13 Å². The molecule has 5 nitrogen and oxygen atoms in total. The van der Waals surface area contributed by atoms with Gasteiger partial charge in [0.15, 0.2) is 0 Å². The van der Waals surface area contributed by atoms with Crippen LogP contribution in [0.2, 0.25) is 0 Å². The summed E-state index contributed by atoms with van der Waals surface area (Å²) in [6.45, 7) is 0. The van der Waals surface area contributed by atoms with Crippen LogP contribution in [-0.2, 0) is 0 Å². The van der Waals surface area contributed by atoms with Crippen molar-refractivity contribution < 1.29 is 8.78 Å². The fourth-order valence-corrected chi connectivity index (χ4v) is 9.57. The van der Waals surface area contributed by atoms with Crippen LogP contribution in [0.5, 0.6) is 0 Å². The number of para-hydroxylation sites is 2. The number of nitrogens with zero attached hydrogens (tertiary/aromatic N) is 5. The molecular weight excluding hydrogens is 817 g/mol. The Hall–Kier alpha value is -8.99. The lowest BCUT2D eigenvalue weighted by atomic mass is 9.98. The van der Waals surface area contributed by atoms with Crippen molar-refractivity contribution in [1.82, 2.24) is 19.1 Å². The summed E-state index contributed by atoms with van der Waals surface area (Å²) >= 11 is 0. The molecule has 0 radical (unpaired) electrons. The number of aromatic nitrogens is 4. The standard InChI is InChI=1S/C59H35F2N5/c60-49-18-11-19-50(61)59(49)43-34-57(65-53-20-9-7-16-44(53)46-24-22-39(32-55(46)65)41-26-28-63-51(30-41)37-12-3-1-4-13-37)48(36-62)58(35-43)66-54-21-10-8-17-45(54)47-25-23-40(33-56(47)66)42-27-29-64-52(31-42)38-14-5-2-6-15-38/h1-35H. The van der Waals surface area contributed by atoms with Crippen LogP contribution in [0.1, 0.15) is 5.56 Å². The monoisotopic (exact) mass is 851 g/mol. The third kappa shape index (κ3) is 6.35. The molecule has 0 fully saturated rings. The van der Waals surface area contributed by atoms with Gasteiger partial charge in [-0.2, -0.15) is 5.26 Å². The van der Waals surface area contributed by atoms with Crippen molar-refractivity contribution in [2.75, 3.05) is 0 Å². The summed E-state index contributed by atoms with van der Waals surface area (Å²) < 4.78 is 36.4. The zero-order valence-corrected chi connectivity index (χ0v) is 35.2. The van der Waals surface area contributed by atoms with Gasteiger partial charge in [0.1, 0.15) is 23.3 Å². The topological polar surface area (TPSA) is 59.4 Å². The van der Waals surface area contributed by atoms with E-state index >= 15 is 8.78 Å². The first kappa shape index (κ1) is 38.7. The van der Waals surface area contributed by atoms with E-state index in [4.69, 9.17) is 0 Å². The molecule has 0 aliphatic rings. The number of hydrogen-bond acceptors (Lipinski definition) is 3. The minimum atomic E-state index is -0.704. The minimum absolute atomic E-state index is 0.178. The average Bonchev–Trinajstić information content (AvgIpc) is 3.88. The third-order valence-electron chi connectivity index (χ3n) is 12.6. The molecule has 4 heterocycles. The smallest absolute Gasteiger partial charge is 0.133 e. The number of benzene rings is 8. The van der Waals surface area contributed by atoms with Gasteiger partial charge in [0.25, 0.3) is 0 Å². The normalized spacial score (nSPS) is 11.5. The average molecular weight is 852 g/mol. The molecule has 0 atom stereocenters. The number of hydrogen-bond donors (Lipinski definition) is 0. The molecule has 0 amide bonds. The Kier molecular flexibility index (Phi) is 9.18. The maximum Gasteiger partial charge on any atom is 0.133 e. The fourth-order valence-electron chi connectivity index (χ4n) is 9.57. The number of halogens is 2. The molecule has 0 unspecified atom stereocenters. The highest BCUT2D eigenvalue weighted by Gasteiger charge is 2.25. The van der Waals surface area contributed by atoms with Gasteiger partial charge in [0.05, 0.1) is 50.4 Å². The highest BCUT2D eigenvalue weighted by molar-refractivity contribution is 6.12. The van der Waals surface area contributed by atoms with Crippen LogP contribution in [-0.4, -0.2) is 19.1 Å². The summed E-state index contributed by atoms with van der Waals surface area (Å²) in [5, 5.41) is 15.4. The second-order valence-electron chi connectivity index (χ2n) is 16.4. The van der Waals surface area contributed by atoms with E-state index in [1.807, 2.05) is 122 Å². The van der Waals surface area contributed by atoms with Crippen LogP contribution in [0.25, 0.3) is 111 Å². The first-order valence-corrected chi connectivity index (χ1v) is 21.7. The summed E-state index contributed by atoms with van der Waals surface area (Å²) in [4.78, 5) is 9.36. The minimum Gasteiger partial charge on any atom is -0.308 e. The fraction of sp³-hybridized carbons (Fsp3) is 0. The van der Waals surface area contributed by atoms with Crippen LogP contribution in [0, 0.1) is 23.0 Å². The summed E-state index contributed by atoms with van der Waals surface area (Å²) in [6, 6.07) is 67.1. The van der Waals surface area contributed by atoms with Gasteiger partial charge in [-0.1, -0.05) is 127 Å². The van der Waals surface area contributed by atoms with Crippen molar-refractivity contribution in [1.29, 1.82) is 5.26 Å². The molecule has 0 spiro atoms. The van der Waals surface area contributed by atoms with Crippen molar-refractivity contribution in [3.8, 4) is 73.3 Å². The van der Waals surface area contributed by atoms with Crippen molar-refractivity contribution in [2.24, 2.45) is 0 Å². The number of nitriles is 1. The van der Waals surface area contributed by atoms with Gasteiger partial charge in [0, 0.05) is 45.1 Å². The van der Waals surface area contributed by atoms with Crippen LogP contribution >= 0.6 is 0 Å². The van der Waals surface area contributed by atoms with Crippen LogP contribution in [0.15, 0.2) is 213 Å². The number of fused-ring (bicyclic) bond motifs is 6. The van der Waals surface area contributed by atoms with Gasteiger partial charge in [-0.15, -0.1) is 0 Å². The Balaban J connectivity index is 1.15. The Bertz CT molecular complexity index is 3680. The van der Waals surface area contributed by atoms with Gasteiger partial charge >= 0.3 is 0 Å². The molecule has 0 bridgehead atoms. The predicted molar refractivity (Wildman–Crippen MR) is 263 cm³/mol. The molecule has 4 aromatic heterocycles. The quantitative estimate of drug-likeness (QED) is 0.160. The summed E-state index contributed by atoms with van der Waals surface area (Å²) in [5.74, 6) is -1.41. The lowest BCUT2D eigenvalue weighted by Crippen LogP contribution is -2.06. The third-order valence-corrected chi connectivity index (χ3v) is 12.6. The second-order valence-corrected chi connectivity index (χ2v) is 16.4. The number of pyridine rings is 2. The Morgan fingerprint density at radius 1 is 0.364 bits per heavy atom. The van der Waals surface area contributed by atoms with Gasteiger partial charge in [-0.05, 0) is 101 Å². The molecule has 12 rings (SSSR count). The SMILES string of the molecule is N#Cc1c(-n2c3ccccc3c3ccc(-c4ccnc(-c5ccccc5)c4)cc32)cc(-c2c(F)cccc2F)cc1-n1c2ccccc2c2ccc(-c3ccnc(-c4ccccc4)c3)cc21. The summed E-state index contributed by atoms with van der Waals surface area (Å²) in [5.41, 5.74) is 12.3. The van der Waals surface area contributed by atoms with E-state index in [9.17, 15) is 5.26 Å². The lowest BCUT2D eigenvalue weighted by molar-refractivity contribution is 0.589. The zero-order chi connectivity index (χ0) is 44.3. The van der Waals surface area contributed by atoms with Crippen LogP contribution in [0.3, 0.4) is 0 Å². The van der Waals surface area contributed by atoms with E-state index < -0.39 is 11.6 Å². The van der Waals surface area contributed by atoms with E-state index in [1.54, 1.807) is 12.1 Å². The molecule has 12 aromatic rings. The molecule has 0 saturated heterocycles. The zero-order valence-electron chi connectivity index (χ0n) is 35.2. The maximum absolute atomic E-state index is 16.1. The van der Waals surface area contributed by atoms with E-state index in [0.29, 0.717) is 22.5 Å². The highest BCUT2D eigenvalue weighted by atomic mass is 19.1. The van der Waals surface area contributed by atoms with E-state index in [1.165, 1.54) is 18.2 Å². The van der Waals surface area contributed by atoms with Gasteiger partial charge in [-0.3, -0.25) is 9.97 Å². The molecule has 0 saturated carbocycles. The summed E-state index contributed by atoms with van der Waals surface area (Å²) in [7, 11) is 0. The molecule has 8 aromatic carbocycles. The molecule has 7 heteroatoms. The van der Waals surface area contributed by atoms with E-state index in [0.717, 1.165) is 88.4 Å². The first-order chi connectivity index (χ1) is 32.5. The first-order valence-electron chi connectivity index (χ1n) is 21.7. The lowest BCUT2D eigenvalue weighted by Gasteiger charge is -2.19. The Labute approximate surface area is 378 Å². The van der Waals surface area contributed by atoms with Crippen molar-refractivity contribution >= 4 is 43.6 Å². The largest absolute Gasteiger partial charge is 0.308 e. The summed E-state index contributed by atoms with van der Waals surface area (Å²) in [6.07, 6.45) is 3.63. The Morgan fingerprint density at radius 3 is 1.26 bits per heavy atom. The van der Waals surface area contributed by atoms with Gasteiger partial charge in [0.2, 0.25) is 0 Å². The Morgan fingerprint density at radius 2 is 0.788 bits per heavy atom. The maximum atomic E-state index is 16.1.